The Hall–Kier alpha value is -1.70. The number of anilines is 1. The summed E-state index contributed by atoms with van der Waals surface area (Å²) in [4.78, 5) is 13.6. The van der Waals surface area contributed by atoms with Gasteiger partial charge in [0.15, 0.2) is 0 Å². The van der Waals surface area contributed by atoms with Gasteiger partial charge in [-0.25, -0.2) is 8.42 Å². The molecule has 26 heavy (non-hydrogen) atoms. The number of hydrogen-bond acceptors (Lipinski definition) is 4. The van der Waals surface area contributed by atoms with Gasteiger partial charge < -0.3 is 5.32 Å². The molecule has 1 amide bonds. The molecule has 1 N–H and O–H groups in total. The predicted molar refractivity (Wildman–Crippen MR) is 105 cm³/mol. The van der Waals surface area contributed by atoms with Crippen molar-refractivity contribution in [1.82, 2.24) is 4.31 Å². The van der Waals surface area contributed by atoms with E-state index in [0.717, 1.165) is 32.1 Å². The number of carbonyl (C=O) groups excluding carboxylic acids is 1. The van der Waals surface area contributed by atoms with Crippen LogP contribution in [0.1, 0.15) is 37.0 Å². The van der Waals surface area contributed by atoms with Crippen LogP contribution in [0.2, 0.25) is 0 Å². The van der Waals surface area contributed by atoms with Crippen LogP contribution in [0.5, 0.6) is 0 Å². The molecule has 0 atom stereocenters. The van der Waals surface area contributed by atoms with Crippen molar-refractivity contribution in [3.8, 4) is 0 Å². The third-order valence-corrected chi connectivity index (χ3v) is 7.35. The Morgan fingerprint density at radius 1 is 1.08 bits per heavy atom. The molecule has 2 heterocycles. The Morgan fingerprint density at radius 2 is 1.81 bits per heavy atom. The number of hydrogen-bond donors (Lipinski definition) is 1. The molecule has 2 aromatic rings. The van der Waals surface area contributed by atoms with Crippen LogP contribution in [0.3, 0.4) is 0 Å². The Labute approximate surface area is 159 Å². The van der Waals surface area contributed by atoms with Crippen molar-refractivity contribution in [1.29, 1.82) is 0 Å². The fraction of sp³-hybridized carbons (Fsp3) is 0.421. The third-order valence-electron chi connectivity index (χ3n) is 4.50. The number of nitrogens with one attached hydrogen (secondary N) is 1. The topological polar surface area (TPSA) is 66.5 Å². The van der Waals surface area contributed by atoms with Crippen LogP contribution < -0.4 is 5.32 Å². The predicted octanol–water partition coefficient (Wildman–Crippen LogP) is 3.88. The Balaban J connectivity index is 1.52. The average Bonchev–Trinajstić information content (AvgIpc) is 3.16. The van der Waals surface area contributed by atoms with E-state index in [1.54, 1.807) is 39.9 Å². The molecule has 1 aliphatic rings. The summed E-state index contributed by atoms with van der Waals surface area (Å²) in [5, 5.41) is 4.87. The molecule has 1 aliphatic heterocycles. The fourth-order valence-electron chi connectivity index (χ4n) is 3.07. The molecule has 0 bridgehead atoms. The number of thiophene rings is 1. The van der Waals surface area contributed by atoms with Crippen molar-refractivity contribution in [3.05, 3.63) is 46.7 Å². The van der Waals surface area contributed by atoms with Crippen molar-refractivity contribution in [2.75, 3.05) is 18.4 Å². The zero-order valence-electron chi connectivity index (χ0n) is 14.7. The van der Waals surface area contributed by atoms with E-state index in [1.165, 1.54) is 4.88 Å². The third kappa shape index (κ3) is 4.93. The molecule has 140 valence electrons. The number of benzene rings is 1. The monoisotopic (exact) mass is 392 g/mol. The van der Waals surface area contributed by atoms with Gasteiger partial charge in [0.2, 0.25) is 15.9 Å². The number of sulfonamides is 1. The van der Waals surface area contributed by atoms with Crippen LogP contribution >= 0.6 is 11.3 Å². The van der Waals surface area contributed by atoms with E-state index in [2.05, 4.69) is 11.4 Å². The molecule has 1 aromatic carbocycles. The molecule has 1 saturated heterocycles. The van der Waals surface area contributed by atoms with Crippen molar-refractivity contribution < 1.29 is 13.2 Å². The number of rotatable bonds is 7. The molecule has 0 unspecified atom stereocenters. The van der Waals surface area contributed by atoms with Gasteiger partial charge in [0.1, 0.15) is 0 Å². The molecule has 5 nitrogen and oxygen atoms in total. The van der Waals surface area contributed by atoms with Crippen LogP contribution in [-0.4, -0.2) is 31.7 Å². The number of aryl methyl sites for hydroxylation is 1. The lowest BCUT2D eigenvalue weighted by molar-refractivity contribution is -0.116. The second-order valence-corrected chi connectivity index (χ2v) is 9.44. The summed E-state index contributed by atoms with van der Waals surface area (Å²) in [7, 11) is -3.42. The molecule has 1 fully saturated rings. The first kappa shape index (κ1) is 19.1. The van der Waals surface area contributed by atoms with Gasteiger partial charge in [0, 0.05) is 30.1 Å². The van der Waals surface area contributed by atoms with Gasteiger partial charge >= 0.3 is 0 Å². The van der Waals surface area contributed by atoms with Gasteiger partial charge in [-0.1, -0.05) is 12.5 Å². The highest BCUT2D eigenvalue weighted by Crippen LogP contribution is 2.22. The van der Waals surface area contributed by atoms with Crippen molar-refractivity contribution in [3.63, 3.8) is 0 Å². The second kappa shape index (κ2) is 8.79. The number of carbonyl (C=O) groups is 1. The Kier molecular flexibility index (Phi) is 6.45. The zero-order chi connectivity index (χ0) is 18.4. The van der Waals surface area contributed by atoms with Gasteiger partial charge in [-0.15, -0.1) is 11.3 Å². The Morgan fingerprint density at radius 3 is 2.46 bits per heavy atom. The standard InChI is InChI=1S/C19H24N2O3S2/c22-19(8-4-6-17-7-5-15-25-17)20-16-9-11-18(12-10-16)26(23,24)21-13-2-1-3-14-21/h5,7,9-12,15H,1-4,6,8,13-14H2,(H,20,22). The molecule has 0 aliphatic carbocycles. The largest absolute Gasteiger partial charge is 0.326 e. The van der Waals surface area contributed by atoms with Crippen LogP contribution in [0.4, 0.5) is 5.69 Å². The van der Waals surface area contributed by atoms with E-state index in [1.807, 2.05) is 11.4 Å². The quantitative estimate of drug-likeness (QED) is 0.777. The normalized spacial score (nSPS) is 15.7. The minimum Gasteiger partial charge on any atom is -0.326 e. The minimum absolute atomic E-state index is 0.0480. The maximum atomic E-state index is 12.6. The SMILES string of the molecule is O=C(CCCc1cccs1)Nc1ccc(S(=O)(=O)N2CCCCC2)cc1. The summed E-state index contributed by atoms with van der Waals surface area (Å²) in [5.41, 5.74) is 0.628. The fourth-order valence-corrected chi connectivity index (χ4v) is 5.33. The lowest BCUT2D eigenvalue weighted by atomic mass is 10.2. The summed E-state index contributed by atoms with van der Waals surface area (Å²) >= 11 is 1.70. The summed E-state index contributed by atoms with van der Waals surface area (Å²) in [6.45, 7) is 1.18. The van der Waals surface area contributed by atoms with Gasteiger partial charge in [-0.3, -0.25) is 4.79 Å². The second-order valence-electron chi connectivity index (χ2n) is 6.47. The van der Waals surface area contributed by atoms with Gasteiger partial charge in [-0.2, -0.15) is 4.31 Å². The van der Waals surface area contributed by atoms with Crippen LogP contribution in [0, 0.1) is 0 Å². The van der Waals surface area contributed by atoms with E-state index in [0.29, 0.717) is 25.2 Å². The molecule has 3 rings (SSSR count). The van der Waals surface area contributed by atoms with Crippen LogP contribution in [-0.2, 0) is 21.2 Å². The van der Waals surface area contributed by atoms with Crippen molar-refractivity contribution in [2.24, 2.45) is 0 Å². The van der Waals surface area contributed by atoms with E-state index in [-0.39, 0.29) is 10.8 Å². The molecular weight excluding hydrogens is 368 g/mol. The summed E-state index contributed by atoms with van der Waals surface area (Å²) in [6, 6.07) is 10.6. The van der Waals surface area contributed by atoms with Gasteiger partial charge in [0.25, 0.3) is 0 Å². The maximum Gasteiger partial charge on any atom is 0.243 e. The summed E-state index contributed by atoms with van der Waals surface area (Å²) in [5.74, 6) is -0.0480. The smallest absolute Gasteiger partial charge is 0.243 e. The summed E-state index contributed by atoms with van der Waals surface area (Å²) in [6.07, 6.45) is 5.07. The molecule has 0 spiro atoms. The van der Waals surface area contributed by atoms with E-state index >= 15 is 0 Å². The maximum absolute atomic E-state index is 12.6. The number of amides is 1. The average molecular weight is 393 g/mol. The highest BCUT2D eigenvalue weighted by atomic mass is 32.2. The molecule has 7 heteroatoms. The molecule has 1 aromatic heterocycles. The first-order chi connectivity index (χ1) is 12.6. The van der Waals surface area contributed by atoms with Crippen molar-refractivity contribution >= 4 is 33.0 Å². The van der Waals surface area contributed by atoms with Gasteiger partial charge in [-0.05, 0) is 61.4 Å². The Bertz CT molecular complexity index is 809. The van der Waals surface area contributed by atoms with Crippen LogP contribution in [0.15, 0.2) is 46.7 Å². The molecule has 0 radical (unpaired) electrons. The lowest BCUT2D eigenvalue weighted by Gasteiger charge is -2.25. The lowest BCUT2D eigenvalue weighted by Crippen LogP contribution is -2.35. The number of nitrogens with zero attached hydrogens (tertiary/aromatic N) is 1. The highest BCUT2D eigenvalue weighted by Gasteiger charge is 2.25. The minimum atomic E-state index is -3.42. The first-order valence-electron chi connectivity index (χ1n) is 8.98. The van der Waals surface area contributed by atoms with E-state index < -0.39 is 10.0 Å². The van der Waals surface area contributed by atoms with E-state index in [9.17, 15) is 13.2 Å². The molecular formula is C19H24N2O3S2. The van der Waals surface area contributed by atoms with Gasteiger partial charge in [0.05, 0.1) is 4.90 Å². The number of piperidine rings is 1. The highest BCUT2D eigenvalue weighted by molar-refractivity contribution is 7.89. The van der Waals surface area contributed by atoms with Crippen molar-refractivity contribution in [2.45, 2.75) is 43.4 Å². The zero-order valence-corrected chi connectivity index (χ0v) is 16.3. The first-order valence-corrected chi connectivity index (χ1v) is 11.3. The molecule has 0 saturated carbocycles. The van der Waals surface area contributed by atoms with Crippen LogP contribution in [0.25, 0.3) is 0 Å². The van der Waals surface area contributed by atoms with E-state index in [4.69, 9.17) is 0 Å². The summed E-state index contributed by atoms with van der Waals surface area (Å²) < 4.78 is 26.8.